The molecule has 3 N–H and O–H groups in total. The van der Waals surface area contributed by atoms with Gasteiger partial charge < -0.3 is 20.2 Å². The molecule has 3 aromatic rings. The summed E-state index contributed by atoms with van der Waals surface area (Å²) in [5.41, 5.74) is 7.34. The monoisotopic (exact) mass is 406 g/mol. The van der Waals surface area contributed by atoms with Crippen LogP contribution in [0.2, 0.25) is 0 Å². The molecule has 1 heterocycles. The van der Waals surface area contributed by atoms with Crippen molar-refractivity contribution in [2.45, 2.75) is 20.3 Å². The van der Waals surface area contributed by atoms with Crippen molar-refractivity contribution in [1.82, 2.24) is 0 Å². The number of nitrogens with two attached hydrogens (primary N) is 1. The van der Waals surface area contributed by atoms with E-state index in [1.807, 2.05) is 6.92 Å². The van der Waals surface area contributed by atoms with E-state index in [1.165, 1.54) is 6.07 Å². The van der Waals surface area contributed by atoms with E-state index in [4.69, 9.17) is 14.9 Å². The summed E-state index contributed by atoms with van der Waals surface area (Å²) in [4.78, 5) is 36.6. The predicted octanol–water partition coefficient (Wildman–Crippen LogP) is 3.34. The molecule has 0 radical (unpaired) electrons. The molecule has 7 heteroatoms. The maximum Gasteiger partial charge on any atom is 0.340 e. The second kappa shape index (κ2) is 8.65. The van der Waals surface area contributed by atoms with Crippen molar-refractivity contribution in [1.29, 1.82) is 0 Å². The summed E-state index contributed by atoms with van der Waals surface area (Å²) in [7, 11) is 0. The number of anilines is 1. The molecule has 7 nitrogen and oxygen atoms in total. The first-order chi connectivity index (χ1) is 14.3. The van der Waals surface area contributed by atoms with Crippen LogP contribution in [0.25, 0.3) is 11.0 Å². The van der Waals surface area contributed by atoms with E-state index in [1.54, 1.807) is 43.3 Å². The van der Waals surface area contributed by atoms with Gasteiger partial charge in [-0.1, -0.05) is 18.7 Å². The highest BCUT2D eigenvalue weighted by atomic mass is 16.5. The maximum atomic E-state index is 12.5. The molecular weight excluding hydrogens is 384 g/mol. The third-order valence-electron chi connectivity index (χ3n) is 4.55. The molecule has 3 rings (SSSR count). The Bertz CT molecular complexity index is 1210. The van der Waals surface area contributed by atoms with E-state index in [0.29, 0.717) is 28.9 Å². The molecule has 0 fully saturated rings. The number of aryl methyl sites for hydroxylation is 1. The first-order valence-corrected chi connectivity index (χ1v) is 9.28. The molecular formula is C23H22N2O5. The van der Waals surface area contributed by atoms with Gasteiger partial charge in [0.05, 0.1) is 23.2 Å². The van der Waals surface area contributed by atoms with E-state index in [9.17, 15) is 14.4 Å². The van der Waals surface area contributed by atoms with Crippen molar-refractivity contribution in [3.63, 3.8) is 0 Å². The highest BCUT2D eigenvalue weighted by Crippen LogP contribution is 2.25. The highest BCUT2D eigenvalue weighted by Gasteiger charge is 2.17. The van der Waals surface area contributed by atoms with Crippen LogP contribution in [0.1, 0.15) is 28.4 Å². The molecule has 0 aliphatic heterocycles. The van der Waals surface area contributed by atoms with Crippen LogP contribution in [0.5, 0.6) is 5.75 Å². The summed E-state index contributed by atoms with van der Waals surface area (Å²) in [5, 5.41) is 3.34. The van der Waals surface area contributed by atoms with E-state index in [0.717, 1.165) is 5.57 Å². The molecule has 0 bridgehead atoms. The maximum absolute atomic E-state index is 12.5. The van der Waals surface area contributed by atoms with Crippen LogP contribution in [-0.2, 0) is 11.2 Å². The molecule has 0 atom stereocenters. The van der Waals surface area contributed by atoms with Crippen LogP contribution >= 0.6 is 0 Å². The van der Waals surface area contributed by atoms with Crippen LogP contribution in [-0.4, -0.2) is 18.4 Å². The lowest BCUT2D eigenvalue weighted by atomic mass is 10.0. The second-order valence-electron chi connectivity index (χ2n) is 7.03. The van der Waals surface area contributed by atoms with Crippen molar-refractivity contribution in [3.05, 3.63) is 81.7 Å². The number of hydrogen-bond acceptors (Lipinski definition) is 5. The van der Waals surface area contributed by atoms with E-state index in [-0.39, 0.29) is 23.2 Å². The third-order valence-corrected chi connectivity index (χ3v) is 4.55. The topological polar surface area (TPSA) is 112 Å². The number of fused-ring (bicyclic) bond motifs is 1. The second-order valence-corrected chi connectivity index (χ2v) is 7.03. The Morgan fingerprint density at radius 2 is 1.93 bits per heavy atom. The van der Waals surface area contributed by atoms with Gasteiger partial charge in [-0.3, -0.25) is 9.59 Å². The number of carbonyl (C=O) groups excluding carboxylic acids is 2. The van der Waals surface area contributed by atoms with E-state index < -0.39 is 17.4 Å². The fraction of sp³-hybridized carbons (Fsp3) is 0.174. The molecule has 1 aromatic heterocycles. The van der Waals surface area contributed by atoms with Crippen molar-refractivity contribution < 1.29 is 18.7 Å². The summed E-state index contributed by atoms with van der Waals surface area (Å²) < 4.78 is 11.0. The summed E-state index contributed by atoms with van der Waals surface area (Å²) in [6.45, 7) is 7.75. The molecule has 0 saturated carbocycles. The van der Waals surface area contributed by atoms with Gasteiger partial charge in [0.2, 0.25) is 5.91 Å². The minimum Gasteiger partial charge on any atom is -0.489 e. The third kappa shape index (κ3) is 4.57. The van der Waals surface area contributed by atoms with Crippen LogP contribution in [0, 0.1) is 6.92 Å². The zero-order valence-corrected chi connectivity index (χ0v) is 16.8. The number of benzene rings is 2. The SMILES string of the molecule is C=C(C)COc1ccc2c(C)c(CC(=O)Nc3ccccc3C(N)=O)c(=O)oc2c1. The molecule has 30 heavy (non-hydrogen) atoms. The molecule has 0 saturated heterocycles. The number of primary amides is 1. The lowest BCUT2D eigenvalue weighted by Crippen LogP contribution is -2.22. The number of carbonyl (C=O) groups is 2. The minimum absolute atomic E-state index is 0.190. The van der Waals surface area contributed by atoms with Gasteiger partial charge in [-0.25, -0.2) is 4.79 Å². The van der Waals surface area contributed by atoms with Gasteiger partial charge in [0.15, 0.2) is 0 Å². The normalized spacial score (nSPS) is 10.6. The van der Waals surface area contributed by atoms with Gasteiger partial charge >= 0.3 is 5.63 Å². The molecule has 0 aliphatic carbocycles. The largest absolute Gasteiger partial charge is 0.489 e. The lowest BCUT2D eigenvalue weighted by Gasteiger charge is -2.11. The Hall–Kier alpha value is -3.87. The Morgan fingerprint density at radius 3 is 2.63 bits per heavy atom. The molecule has 0 aliphatic rings. The van der Waals surface area contributed by atoms with Gasteiger partial charge in [0.25, 0.3) is 5.91 Å². The van der Waals surface area contributed by atoms with Crippen molar-refractivity contribution >= 4 is 28.5 Å². The number of para-hydroxylation sites is 1. The Balaban J connectivity index is 1.87. The fourth-order valence-corrected chi connectivity index (χ4v) is 3.04. The average Bonchev–Trinajstić information content (AvgIpc) is 2.69. The van der Waals surface area contributed by atoms with Gasteiger partial charge in [-0.2, -0.15) is 0 Å². The minimum atomic E-state index is -0.656. The predicted molar refractivity (Wildman–Crippen MR) is 115 cm³/mol. The number of hydrogen-bond donors (Lipinski definition) is 2. The summed E-state index contributed by atoms with van der Waals surface area (Å²) in [5.74, 6) is -0.557. The van der Waals surface area contributed by atoms with Crippen LogP contribution in [0.15, 0.2) is 63.8 Å². The average molecular weight is 406 g/mol. The zero-order valence-electron chi connectivity index (χ0n) is 16.8. The first-order valence-electron chi connectivity index (χ1n) is 9.28. The van der Waals surface area contributed by atoms with Crippen molar-refractivity contribution in [2.75, 3.05) is 11.9 Å². The fourth-order valence-electron chi connectivity index (χ4n) is 3.04. The summed E-state index contributed by atoms with van der Waals surface area (Å²) in [6, 6.07) is 11.6. The van der Waals surface area contributed by atoms with Crippen LogP contribution in [0.4, 0.5) is 5.69 Å². The Labute approximate surface area is 173 Å². The number of ether oxygens (including phenoxy) is 1. The summed E-state index contributed by atoms with van der Waals surface area (Å²) in [6.07, 6.45) is -0.203. The smallest absolute Gasteiger partial charge is 0.340 e. The quantitative estimate of drug-likeness (QED) is 0.462. The highest BCUT2D eigenvalue weighted by molar-refractivity contribution is 6.03. The van der Waals surface area contributed by atoms with Gasteiger partial charge in [-0.05, 0) is 49.2 Å². The molecule has 154 valence electrons. The van der Waals surface area contributed by atoms with E-state index in [2.05, 4.69) is 11.9 Å². The first kappa shape index (κ1) is 20.9. The van der Waals surface area contributed by atoms with Gasteiger partial charge in [0.1, 0.15) is 17.9 Å². The number of rotatable bonds is 7. The number of amides is 2. The Morgan fingerprint density at radius 1 is 1.20 bits per heavy atom. The van der Waals surface area contributed by atoms with E-state index >= 15 is 0 Å². The van der Waals surface area contributed by atoms with Crippen LogP contribution in [0.3, 0.4) is 0 Å². The zero-order chi connectivity index (χ0) is 21.8. The number of nitrogens with one attached hydrogen (secondary N) is 1. The summed E-state index contributed by atoms with van der Waals surface area (Å²) >= 11 is 0. The standard InChI is InChI=1S/C23H22N2O5/c1-13(2)12-29-15-8-9-16-14(3)18(23(28)30-20(16)10-15)11-21(26)25-19-7-5-4-6-17(19)22(24)27/h4-10H,1,11-12H2,2-3H3,(H2,24,27)(H,25,26). The Kier molecular flexibility index (Phi) is 6.01. The van der Waals surface area contributed by atoms with Crippen molar-refractivity contribution in [2.24, 2.45) is 5.73 Å². The molecule has 0 spiro atoms. The lowest BCUT2D eigenvalue weighted by molar-refractivity contribution is -0.115. The van der Waals surface area contributed by atoms with Crippen LogP contribution < -0.4 is 21.4 Å². The van der Waals surface area contributed by atoms with Gasteiger partial charge in [0, 0.05) is 11.5 Å². The molecule has 0 unspecified atom stereocenters. The van der Waals surface area contributed by atoms with Gasteiger partial charge in [-0.15, -0.1) is 0 Å². The molecule has 2 amide bonds. The van der Waals surface area contributed by atoms with Crippen molar-refractivity contribution in [3.8, 4) is 5.75 Å². The molecule has 2 aromatic carbocycles.